The van der Waals surface area contributed by atoms with Crippen LogP contribution in [-0.2, 0) is 20.6 Å². The van der Waals surface area contributed by atoms with E-state index < -0.39 is 17.1 Å². The third kappa shape index (κ3) is 3.93. The summed E-state index contributed by atoms with van der Waals surface area (Å²) in [4.78, 5) is 29.6. The first kappa shape index (κ1) is 20.7. The summed E-state index contributed by atoms with van der Waals surface area (Å²) in [5.41, 5.74) is 3.38. The summed E-state index contributed by atoms with van der Waals surface area (Å²) in [7, 11) is 2.92. The molecule has 4 rings (SSSR count). The zero-order valence-corrected chi connectivity index (χ0v) is 18.3. The van der Waals surface area contributed by atoms with Crippen molar-refractivity contribution in [2.24, 2.45) is 19.2 Å². The molecule has 31 heavy (non-hydrogen) atoms. The van der Waals surface area contributed by atoms with E-state index in [0.717, 1.165) is 14.6 Å². The van der Waals surface area contributed by atoms with E-state index in [1.165, 1.54) is 29.3 Å². The van der Waals surface area contributed by atoms with Crippen LogP contribution in [0.5, 0.6) is 0 Å². The fourth-order valence-corrected chi connectivity index (χ4v) is 3.46. The predicted octanol–water partition coefficient (Wildman–Crippen LogP) is 2.83. The molecule has 0 fully saturated rings. The van der Waals surface area contributed by atoms with Crippen LogP contribution in [0.25, 0.3) is 11.2 Å². The van der Waals surface area contributed by atoms with Crippen LogP contribution in [0.15, 0.2) is 67.7 Å². The van der Waals surface area contributed by atoms with E-state index in [9.17, 15) is 14.0 Å². The second-order valence-electron chi connectivity index (χ2n) is 6.91. The SMILES string of the molecule is Cn1c(=O)c2c(nc(N/N=C/c3ccc(Br)cc3)n2Cc2ccccc2F)n(C)c1=O. The van der Waals surface area contributed by atoms with Gasteiger partial charge < -0.3 is 0 Å². The number of imidazole rings is 1. The van der Waals surface area contributed by atoms with E-state index in [1.807, 2.05) is 24.3 Å². The van der Waals surface area contributed by atoms with Crippen LogP contribution in [0.2, 0.25) is 0 Å². The summed E-state index contributed by atoms with van der Waals surface area (Å²) < 4.78 is 19.1. The molecule has 0 unspecified atom stereocenters. The Morgan fingerprint density at radius 2 is 1.81 bits per heavy atom. The highest BCUT2D eigenvalue weighted by molar-refractivity contribution is 9.10. The van der Waals surface area contributed by atoms with Crippen LogP contribution in [0.3, 0.4) is 0 Å². The number of halogens is 2. The molecule has 0 bridgehead atoms. The Morgan fingerprint density at radius 3 is 2.52 bits per heavy atom. The molecule has 10 heteroatoms. The molecule has 0 aliphatic rings. The monoisotopic (exact) mass is 484 g/mol. The largest absolute Gasteiger partial charge is 0.332 e. The zero-order chi connectivity index (χ0) is 22.1. The van der Waals surface area contributed by atoms with Crippen molar-refractivity contribution in [3.05, 3.63) is 90.8 Å². The minimum absolute atomic E-state index is 0.0345. The van der Waals surface area contributed by atoms with Crippen LogP contribution in [0, 0.1) is 5.82 Å². The molecule has 0 aliphatic heterocycles. The lowest BCUT2D eigenvalue weighted by molar-refractivity contribution is 0.601. The van der Waals surface area contributed by atoms with Crippen LogP contribution in [0.1, 0.15) is 11.1 Å². The molecule has 2 aromatic heterocycles. The predicted molar refractivity (Wildman–Crippen MR) is 121 cm³/mol. The average molecular weight is 485 g/mol. The van der Waals surface area contributed by atoms with Gasteiger partial charge in [-0.05, 0) is 23.8 Å². The van der Waals surface area contributed by atoms with Crippen LogP contribution in [0.4, 0.5) is 10.3 Å². The van der Waals surface area contributed by atoms with E-state index in [4.69, 9.17) is 0 Å². The lowest BCUT2D eigenvalue weighted by atomic mass is 10.2. The normalized spacial score (nSPS) is 11.5. The van der Waals surface area contributed by atoms with Crippen molar-refractivity contribution in [1.29, 1.82) is 0 Å². The summed E-state index contributed by atoms with van der Waals surface area (Å²) in [6.07, 6.45) is 1.59. The highest BCUT2D eigenvalue weighted by Crippen LogP contribution is 2.19. The molecule has 2 heterocycles. The van der Waals surface area contributed by atoms with Gasteiger partial charge in [-0.1, -0.05) is 46.3 Å². The Kier molecular flexibility index (Phi) is 5.55. The summed E-state index contributed by atoms with van der Waals surface area (Å²) in [6, 6.07) is 13.8. The van der Waals surface area contributed by atoms with Crippen molar-refractivity contribution < 1.29 is 4.39 Å². The van der Waals surface area contributed by atoms with Gasteiger partial charge >= 0.3 is 5.69 Å². The van der Waals surface area contributed by atoms with Gasteiger partial charge in [-0.2, -0.15) is 10.1 Å². The molecule has 1 N–H and O–H groups in total. The molecule has 4 aromatic rings. The van der Waals surface area contributed by atoms with Crippen molar-refractivity contribution in [2.45, 2.75) is 6.54 Å². The van der Waals surface area contributed by atoms with Crippen LogP contribution < -0.4 is 16.7 Å². The molecule has 8 nitrogen and oxygen atoms in total. The molecule has 158 valence electrons. The first-order valence-electron chi connectivity index (χ1n) is 9.31. The minimum atomic E-state index is -0.521. The van der Waals surface area contributed by atoms with E-state index in [0.29, 0.717) is 5.56 Å². The van der Waals surface area contributed by atoms with Gasteiger partial charge in [0.2, 0.25) is 5.95 Å². The van der Waals surface area contributed by atoms with Gasteiger partial charge in [-0.15, -0.1) is 0 Å². The first-order chi connectivity index (χ1) is 14.9. The van der Waals surface area contributed by atoms with Crippen molar-refractivity contribution in [1.82, 2.24) is 18.7 Å². The number of hydrogen-bond donors (Lipinski definition) is 1. The first-order valence-corrected chi connectivity index (χ1v) is 10.1. The number of aromatic nitrogens is 4. The van der Waals surface area contributed by atoms with Gasteiger partial charge in [-0.25, -0.2) is 14.6 Å². The van der Waals surface area contributed by atoms with E-state index >= 15 is 0 Å². The number of nitrogens with zero attached hydrogens (tertiary/aromatic N) is 5. The maximum Gasteiger partial charge on any atom is 0.332 e. The molecule has 0 amide bonds. The number of aryl methyl sites for hydroxylation is 1. The lowest BCUT2D eigenvalue weighted by Gasteiger charge is -2.10. The van der Waals surface area contributed by atoms with E-state index in [1.54, 1.807) is 24.4 Å². The molecule has 0 aliphatic carbocycles. The fraction of sp³-hybridized carbons (Fsp3) is 0.143. The molecule has 0 spiro atoms. The smallest absolute Gasteiger partial charge is 0.298 e. The number of nitrogens with one attached hydrogen (secondary N) is 1. The second-order valence-corrected chi connectivity index (χ2v) is 7.83. The molecular formula is C21H18BrFN6O2. The number of anilines is 1. The molecular weight excluding hydrogens is 467 g/mol. The van der Waals surface area contributed by atoms with Gasteiger partial charge in [0.15, 0.2) is 11.2 Å². The number of rotatable bonds is 5. The number of hydrazone groups is 1. The number of hydrogen-bond acceptors (Lipinski definition) is 5. The zero-order valence-electron chi connectivity index (χ0n) is 16.7. The van der Waals surface area contributed by atoms with E-state index in [-0.39, 0.29) is 23.7 Å². The standard InChI is InChI=1S/C21H18BrFN6O2/c1-27-18-17(19(30)28(2)21(27)31)29(12-14-5-3-4-6-16(14)23)20(25-18)26-24-11-13-7-9-15(22)10-8-13/h3-11H,12H2,1-2H3,(H,25,26)/b24-11+. The van der Waals surface area contributed by atoms with Crippen molar-refractivity contribution in [3.63, 3.8) is 0 Å². The Bertz CT molecular complexity index is 1420. The second kappa shape index (κ2) is 8.31. The molecule has 2 aromatic carbocycles. The molecule has 0 atom stereocenters. The van der Waals surface area contributed by atoms with Gasteiger partial charge in [-0.3, -0.25) is 18.5 Å². The summed E-state index contributed by atoms with van der Waals surface area (Å²) in [5, 5.41) is 4.20. The maximum absolute atomic E-state index is 14.3. The van der Waals surface area contributed by atoms with Crippen LogP contribution >= 0.6 is 15.9 Å². The third-order valence-electron chi connectivity index (χ3n) is 4.88. The highest BCUT2D eigenvalue weighted by atomic mass is 79.9. The Balaban J connectivity index is 1.83. The summed E-state index contributed by atoms with van der Waals surface area (Å²) in [6.45, 7) is 0.0345. The van der Waals surface area contributed by atoms with Gasteiger partial charge in [0.25, 0.3) is 5.56 Å². The fourth-order valence-electron chi connectivity index (χ4n) is 3.20. The Labute approximate surface area is 184 Å². The van der Waals surface area contributed by atoms with Crippen molar-refractivity contribution in [3.8, 4) is 0 Å². The molecule has 0 saturated carbocycles. The Hall–Kier alpha value is -3.53. The van der Waals surface area contributed by atoms with Crippen molar-refractivity contribution >= 4 is 39.3 Å². The highest BCUT2D eigenvalue weighted by Gasteiger charge is 2.20. The van der Waals surface area contributed by atoms with Crippen molar-refractivity contribution in [2.75, 3.05) is 5.43 Å². The number of benzene rings is 2. The topological polar surface area (TPSA) is 86.2 Å². The van der Waals surface area contributed by atoms with Gasteiger partial charge in [0, 0.05) is 24.1 Å². The van der Waals surface area contributed by atoms with E-state index in [2.05, 4.69) is 31.4 Å². The summed E-state index contributed by atoms with van der Waals surface area (Å²) >= 11 is 3.38. The molecule has 0 radical (unpaired) electrons. The van der Waals surface area contributed by atoms with Crippen LogP contribution in [-0.4, -0.2) is 24.9 Å². The quantitative estimate of drug-likeness (QED) is 0.348. The Morgan fingerprint density at radius 1 is 1.10 bits per heavy atom. The van der Waals surface area contributed by atoms with Gasteiger partial charge in [0.05, 0.1) is 12.8 Å². The maximum atomic E-state index is 14.3. The van der Waals surface area contributed by atoms with Gasteiger partial charge in [0.1, 0.15) is 5.82 Å². The average Bonchev–Trinajstić information content (AvgIpc) is 3.12. The minimum Gasteiger partial charge on any atom is -0.298 e. The lowest BCUT2D eigenvalue weighted by Crippen LogP contribution is -2.37. The third-order valence-corrected chi connectivity index (χ3v) is 5.41. The number of fused-ring (bicyclic) bond motifs is 1. The molecule has 0 saturated heterocycles. The summed E-state index contributed by atoms with van der Waals surface area (Å²) in [5.74, 6) is -0.194.